The summed E-state index contributed by atoms with van der Waals surface area (Å²) in [5.41, 5.74) is 2.01. The molecular formula is C27H27BrF3N5O4. The third-order valence-electron chi connectivity index (χ3n) is 6.97. The third kappa shape index (κ3) is 6.70. The summed E-state index contributed by atoms with van der Waals surface area (Å²) >= 11 is 3.48. The van der Waals surface area contributed by atoms with E-state index in [0.29, 0.717) is 18.8 Å². The van der Waals surface area contributed by atoms with Crippen LogP contribution in [0, 0.1) is 0 Å². The van der Waals surface area contributed by atoms with Crippen molar-refractivity contribution in [2.24, 2.45) is 0 Å². The molecule has 0 bridgehead atoms. The van der Waals surface area contributed by atoms with E-state index in [9.17, 15) is 22.8 Å². The Morgan fingerprint density at radius 2 is 1.75 bits per heavy atom. The van der Waals surface area contributed by atoms with Gasteiger partial charge in [-0.2, -0.15) is 13.2 Å². The lowest BCUT2D eigenvalue weighted by Gasteiger charge is -2.43. The summed E-state index contributed by atoms with van der Waals surface area (Å²) in [5.74, 6) is -2.76. The molecule has 9 nitrogen and oxygen atoms in total. The zero-order valence-corrected chi connectivity index (χ0v) is 22.8. The highest BCUT2D eigenvalue weighted by molar-refractivity contribution is 9.10. The maximum Gasteiger partial charge on any atom is 0.490 e. The molecular weight excluding hydrogens is 595 g/mol. The number of fused-ring (bicyclic) bond motifs is 1. The number of anilines is 1. The molecule has 0 radical (unpaired) electrons. The number of amides is 2. The van der Waals surface area contributed by atoms with Gasteiger partial charge in [0.2, 0.25) is 5.91 Å². The number of halogens is 4. The number of carboxylic acid groups (broad SMARTS) is 1. The average Bonchev–Trinajstić information content (AvgIpc) is 3.24. The summed E-state index contributed by atoms with van der Waals surface area (Å²) in [6.07, 6.45) is -1.94. The maximum atomic E-state index is 12.8. The molecule has 40 heavy (non-hydrogen) atoms. The molecule has 3 heterocycles. The molecule has 3 N–H and O–H groups in total. The highest BCUT2D eigenvalue weighted by Crippen LogP contribution is 2.36. The SMILES string of the molecule is O=C(NCCN1CCC2(CC1)C(=O)NCN2c1ccc(Br)cc1)c1cnc2ccccc2c1.O=C(O)C(F)(F)F. The second-order valence-electron chi connectivity index (χ2n) is 9.42. The lowest BCUT2D eigenvalue weighted by atomic mass is 9.85. The number of likely N-dealkylation sites (tertiary alicyclic amines) is 1. The molecule has 2 aromatic carbocycles. The van der Waals surface area contributed by atoms with Crippen LogP contribution in [0.15, 0.2) is 65.3 Å². The molecule has 0 atom stereocenters. The van der Waals surface area contributed by atoms with Crippen LogP contribution in [-0.4, -0.2) is 77.3 Å². The van der Waals surface area contributed by atoms with Crippen LogP contribution in [-0.2, 0) is 9.59 Å². The zero-order chi connectivity index (χ0) is 28.9. The van der Waals surface area contributed by atoms with Crippen molar-refractivity contribution in [2.45, 2.75) is 24.6 Å². The van der Waals surface area contributed by atoms with Crippen LogP contribution in [0.1, 0.15) is 23.2 Å². The normalized spacial score (nSPS) is 16.8. The molecule has 1 aromatic heterocycles. The number of nitrogens with one attached hydrogen (secondary N) is 2. The van der Waals surface area contributed by atoms with Crippen molar-refractivity contribution in [3.05, 3.63) is 70.8 Å². The second kappa shape index (κ2) is 12.2. The Labute approximate surface area is 236 Å². The number of aliphatic carboxylic acids is 1. The smallest absolute Gasteiger partial charge is 0.475 e. The molecule has 212 valence electrons. The Hall–Kier alpha value is -3.71. The van der Waals surface area contributed by atoms with Gasteiger partial charge in [0.1, 0.15) is 5.54 Å². The fourth-order valence-electron chi connectivity index (χ4n) is 4.82. The van der Waals surface area contributed by atoms with Crippen LogP contribution in [0.4, 0.5) is 18.9 Å². The number of alkyl halides is 3. The number of carbonyl (C=O) groups excluding carboxylic acids is 2. The monoisotopic (exact) mass is 621 g/mol. The first-order chi connectivity index (χ1) is 19.0. The van der Waals surface area contributed by atoms with E-state index in [1.54, 1.807) is 6.20 Å². The van der Waals surface area contributed by atoms with Gasteiger partial charge in [-0.15, -0.1) is 0 Å². The highest BCUT2D eigenvalue weighted by atomic mass is 79.9. The van der Waals surface area contributed by atoms with E-state index in [1.807, 2.05) is 42.5 Å². The summed E-state index contributed by atoms with van der Waals surface area (Å²) in [4.78, 5) is 43.2. The molecule has 2 aliphatic heterocycles. The molecule has 2 amide bonds. The number of aromatic nitrogens is 1. The summed E-state index contributed by atoms with van der Waals surface area (Å²) in [6, 6.07) is 17.8. The van der Waals surface area contributed by atoms with Crippen LogP contribution in [0.3, 0.4) is 0 Å². The lowest BCUT2D eigenvalue weighted by molar-refractivity contribution is -0.192. The van der Waals surface area contributed by atoms with Crippen molar-refractivity contribution in [3.8, 4) is 0 Å². The molecule has 5 rings (SSSR count). The molecule has 0 unspecified atom stereocenters. The van der Waals surface area contributed by atoms with Gasteiger partial charge in [-0.05, 0) is 49.2 Å². The van der Waals surface area contributed by atoms with Gasteiger partial charge < -0.3 is 25.5 Å². The largest absolute Gasteiger partial charge is 0.490 e. The minimum Gasteiger partial charge on any atom is -0.475 e. The van der Waals surface area contributed by atoms with Crippen molar-refractivity contribution in [3.63, 3.8) is 0 Å². The predicted molar refractivity (Wildman–Crippen MR) is 146 cm³/mol. The number of para-hydroxylation sites is 1. The van der Waals surface area contributed by atoms with Crippen LogP contribution in [0.25, 0.3) is 10.9 Å². The average molecular weight is 622 g/mol. The van der Waals surface area contributed by atoms with Crippen molar-refractivity contribution in [2.75, 3.05) is 37.7 Å². The molecule has 2 aliphatic rings. The Morgan fingerprint density at radius 3 is 2.40 bits per heavy atom. The topological polar surface area (TPSA) is 115 Å². The van der Waals surface area contributed by atoms with E-state index in [1.165, 1.54) is 0 Å². The standard InChI is InChI=1S/C25H26BrN5O2.C2HF3O2/c26-20-5-7-21(8-6-20)31-17-29-24(33)25(31)9-12-30(13-10-25)14-11-27-23(32)19-15-18-3-1-2-4-22(18)28-16-19;3-2(4,5)1(6)7/h1-8,15-16H,9-14,17H2,(H,27,32)(H,29,33);(H,6,7). The minimum absolute atomic E-state index is 0.113. The number of benzene rings is 2. The first kappa shape index (κ1) is 29.3. The van der Waals surface area contributed by atoms with E-state index in [0.717, 1.165) is 53.5 Å². The summed E-state index contributed by atoms with van der Waals surface area (Å²) < 4.78 is 32.8. The van der Waals surface area contributed by atoms with Gasteiger partial charge in [-0.1, -0.05) is 34.1 Å². The van der Waals surface area contributed by atoms with Crippen LogP contribution in [0.2, 0.25) is 0 Å². The maximum absolute atomic E-state index is 12.8. The number of pyridine rings is 1. The fraction of sp³-hybridized carbons (Fsp3) is 0.333. The third-order valence-corrected chi connectivity index (χ3v) is 7.50. The van der Waals surface area contributed by atoms with Gasteiger partial charge in [-0.25, -0.2) is 4.79 Å². The number of hydrogen-bond acceptors (Lipinski definition) is 6. The molecule has 13 heteroatoms. The summed E-state index contributed by atoms with van der Waals surface area (Å²) in [6.45, 7) is 3.47. The molecule has 2 fully saturated rings. The quantitative estimate of drug-likeness (QED) is 0.397. The first-order valence-electron chi connectivity index (χ1n) is 12.5. The number of piperidine rings is 1. The van der Waals surface area contributed by atoms with E-state index in [4.69, 9.17) is 9.90 Å². The zero-order valence-electron chi connectivity index (χ0n) is 21.2. The van der Waals surface area contributed by atoms with Gasteiger partial charge >= 0.3 is 12.1 Å². The Kier molecular flexibility index (Phi) is 8.94. The van der Waals surface area contributed by atoms with E-state index in [-0.39, 0.29) is 11.8 Å². The van der Waals surface area contributed by atoms with Gasteiger partial charge in [0.15, 0.2) is 0 Å². The second-order valence-corrected chi connectivity index (χ2v) is 10.3. The van der Waals surface area contributed by atoms with E-state index >= 15 is 0 Å². The van der Waals surface area contributed by atoms with Gasteiger partial charge in [0.05, 0.1) is 17.7 Å². The van der Waals surface area contributed by atoms with Crippen molar-refractivity contribution in [1.82, 2.24) is 20.5 Å². The number of carboxylic acids is 1. The van der Waals surface area contributed by atoms with Crippen LogP contribution in [0.5, 0.6) is 0 Å². The highest BCUT2D eigenvalue weighted by Gasteiger charge is 2.50. The van der Waals surface area contributed by atoms with Crippen molar-refractivity contribution in [1.29, 1.82) is 0 Å². The van der Waals surface area contributed by atoms with Crippen LogP contribution < -0.4 is 15.5 Å². The number of rotatable bonds is 5. The Balaban J connectivity index is 0.000000470. The predicted octanol–water partition coefficient (Wildman–Crippen LogP) is 3.79. The summed E-state index contributed by atoms with van der Waals surface area (Å²) in [7, 11) is 0. The number of carbonyl (C=O) groups is 3. The van der Waals surface area contributed by atoms with Gasteiger partial charge in [0, 0.05) is 47.9 Å². The molecule has 1 spiro atoms. The van der Waals surface area contributed by atoms with Crippen molar-refractivity contribution < 1.29 is 32.7 Å². The van der Waals surface area contributed by atoms with E-state index < -0.39 is 17.7 Å². The summed E-state index contributed by atoms with van der Waals surface area (Å²) in [5, 5.41) is 14.1. The first-order valence-corrected chi connectivity index (χ1v) is 13.3. The Morgan fingerprint density at radius 1 is 1.10 bits per heavy atom. The van der Waals surface area contributed by atoms with Crippen molar-refractivity contribution >= 4 is 50.3 Å². The van der Waals surface area contributed by atoms with Gasteiger partial charge in [0.25, 0.3) is 5.91 Å². The number of hydrogen-bond donors (Lipinski definition) is 3. The fourth-order valence-corrected chi connectivity index (χ4v) is 5.08. The van der Waals surface area contributed by atoms with Gasteiger partial charge in [-0.3, -0.25) is 14.6 Å². The Bertz CT molecular complexity index is 1380. The molecule has 0 saturated carbocycles. The van der Waals surface area contributed by atoms with E-state index in [2.05, 4.69) is 53.5 Å². The minimum atomic E-state index is -5.08. The molecule has 3 aromatic rings. The number of nitrogens with zero attached hydrogens (tertiary/aromatic N) is 3. The van der Waals surface area contributed by atoms with Crippen LogP contribution >= 0.6 is 15.9 Å². The molecule has 2 saturated heterocycles. The lowest BCUT2D eigenvalue weighted by Crippen LogP contribution is -2.57. The molecule has 0 aliphatic carbocycles.